The van der Waals surface area contributed by atoms with Gasteiger partial charge >= 0.3 is 11.9 Å². The van der Waals surface area contributed by atoms with Gasteiger partial charge in [-0.1, -0.05) is 19.8 Å². The maximum absolute atomic E-state index is 11.0. The van der Waals surface area contributed by atoms with Gasteiger partial charge in [0, 0.05) is 6.92 Å². The summed E-state index contributed by atoms with van der Waals surface area (Å²) in [7, 11) is 1.33. The van der Waals surface area contributed by atoms with E-state index in [-0.39, 0.29) is 24.5 Å². The fourth-order valence-corrected chi connectivity index (χ4v) is 1.33. The molecule has 0 heterocycles. The van der Waals surface area contributed by atoms with Crippen molar-refractivity contribution >= 4 is 11.9 Å². The van der Waals surface area contributed by atoms with Crippen molar-refractivity contribution < 1.29 is 19.1 Å². The summed E-state index contributed by atoms with van der Waals surface area (Å²) >= 11 is 0. The highest BCUT2D eigenvalue weighted by Crippen LogP contribution is 2.11. The number of esters is 2. The number of carbonyl (C=O) groups is 2. The van der Waals surface area contributed by atoms with Crippen LogP contribution < -0.4 is 0 Å². The van der Waals surface area contributed by atoms with E-state index in [1.165, 1.54) is 14.0 Å². The predicted octanol–water partition coefficient (Wildman–Crippen LogP) is 2.06. The van der Waals surface area contributed by atoms with Crippen LogP contribution in [0.5, 0.6) is 0 Å². The third kappa shape index (κ3) is 7.97. The van der Waals surface area contributed by atoms with Crippen LogP contribution in [0.4, 0.5) is 0 Å². The van der Waals surface area contributed by atoms with Crippen LogP contribution in [0.25, 0.3) is 0 Å². The quantitative estimate of drug-likeness (QED) is 0.483. The van der Waals surface area contributed by atoms with Gasteiger partial charge in [-0.15, -0.1) is 0 Å². The van der Waals surface area contributed by atoms with Crippen LogP contribution in [0.3, 0.4) is 0 Å². The zero-order valence-electron chi connectivity index (χ0n) is 9.75. The van der Waals surface area contributed by atoms with E-state index in [2.05, 4.69) is 11.7 Å². The van der Waals surface area contributed by atoms with E-state index in [0.717, 1.165) is 25.7 Å². The van der Waals surface area contributed by atoms with Crippen molar-refractivity contribution in [1.82, 2.24) is 0 Å². The summed E-state index contributed by atoms with van der Waals surface area (Å²) in [5.41, 5.74) is 0. The molecule has 1 atom stereocenters. The molecule has 0 aliphatic carbocycles. The van der Waals surface area contributed by atoms with Gasteiger partial charge in [0.05, 0.1) is 13.5 Å². The zero-order chi connectivity index (χ0) is 11.7. The number of methoxy groups -OCH3 is 1. The molecule has 0 aromatic carbocycles. The van der Waals surface area contributed by atoms with Crippen molar-refractivity contribution in [2.24, 2.45) is 0 Å². The van der Waals surface area contributed by atoms with Crippen LogP contribution in [-0.4, -0.2) is 25.2 Å². The van der Waals surface area contributed by atoms with E-state index in [0.29, 0.717) is 0 Å². The SMILES string of the molecule is CCCCC[C@H](CC(=O)OC)OC(C)=O. The van der Waals surface area contributed by atoms with E-state index in [1.807, 2.05) is 0 Å². The van der Waals surface area contributed by atoms with Gasteiger partial charge in [-0.3, -0.25) is 9.59 Å². The summed E-state index contributed by atoms with van der Waals surface area (Å²) in [4.78, 5) is 21.8. The van der Waals surface area contributed by atoms with Crippen molar-refractivity contribution in [3.63, 3.8) is 0 Å². The van der Waals surface area contributed by atoms with E-state index in [9.17, 15) is 9.59 Å². The molecular formula is C11H20O4. The fraction of sp³-hybridized carbons (Fsp3) is 0.818. The zero-order valence-corrected chi connectivity index (χ0v) is 9.75. The molecule has 0 fully saturated rings. The molecule has 0 N–H and O–H groups in total. The highest BCUT2D eigenvalue weighted by atomic mass is 16.6. The van der Waals surface area contributed by atoms with Gasteiger partial charge in [0.15, 0.2) is 0 Å². The molecule has 4 heteroatoms. The first-order chi connectivity index (χ1) is 7.10. The molecule has 0 amide bonds. The molecule has 4 nitrogen and oxygen atoms in total. The number of rotatable bonds is 7. The number of hydrogen-bond donors (Lipinski definition) is 0. The van der Waals surface area contributed by atoms with E-state index < -0.39 is 0 Å². The summed E-state index contributed by atoms with van der Waals surface area (Å²) in [6.07, 6.45) is 3.69. The molecule has 0 aromatic heterocycles. The maximum atomic E-state index is 11.0. The van der Waals surface area contributed by atoms with Crippen LogP contribution in [0.15, 0.2) is 0 Å². The number of carbonyl (C=O) groups excluding carboxylic acids is 2. The third-order valence-corrected chi connectivity index (χ3v) is 2.08. The Kier molecular flexibility index (Phi) is 7.68. The largest absolute Gasteiger partial charge is 0.469 e. The summed E-state index contributed by atoms with van der Waals surface area (Å²) < 4.78 is 9.57. The minimum absolute atomic E-state index is 0.153. The molecule has 0 spiro atoms. The van der Waals surface area contributed by atoms with Gasteiger partial charge in [0.1, 0.15) is 6.10 Å². The summed E-state index contributed by atoms with van der Waals surface area (Å²) in [6.45, 7) is 3.45. The van der Waals surface area contributed by atoms with Gasteiger partial charge in [0.2, 0.25) is 0 Å². The van der Waals surface area contributed by atoms with Crippen LogP contribution in [-0.2, 0) is 19.1 Å². The second kappa shape index (κ2) is 8.26. The molecule has 0 aliphatic heterocycles. The highest BCUT2D eigenvalue weighted by Gasteiger charge is 2.16. The Balaban J connectivity index is 3.94. The molecule has 0 rings (SSSR count). The molecule has 0 aromatic rings. The smallest absolute Gasteiger partial charge is 0.309 e. The van der Waals surface area contributed by atoms with Crippen molar-refractivity contribution in [2.75, 3.05) is 7.11 Å². The number of unbranched alkanes of at least 4 members (excludes halogenated alkanes) is 2. The lowest BCUT2D eigenvalue weighted by molar-refractivity contribution is -0.152. The Bertz CT molecular complexity index is 201. The monoisotopic (exact) mass is 216 g/mol. The van der Waals surface area contributed by atoms with E-state index in [1.54, 1.807) is 0 Å². The molecule has 88 valence electrons. The first-order valence-corrected chi connectivity index (χ1v) is 5.34. The molecule has 0 radical (unpaired) electrons. The van der Waals surface area contributed by atoms with Crippen molar-refractivity contribution in [3.05, 3.63) is 0 Å². The summed E-state index contributed by atoms with van der Waals surface area (Å²) in [6, 6.07) is 0. The molecular weight excluding hydrogens is 196 g/mol. The lowest BCUT2D eigenvalue weighted by Crippen LogP contribution is -2.21. The predicted molar refractivity (Wildman–Crippen MR) is 56.3 cm³/mol. The van der Waals surface area contributed by atoms with Gasteiger partial charge < -0.3 is 9.47 Å². The second-order valence-electron chi connectivity index (χ2n) is 3.51. The lowest BCUT2D eigenvalue weighted by Gasteiger charge is -2.15. The maximum Gasteiger partial charge on any atom is 0.309 e. The fourth-order valence-electron chi connectivity index (χ4n) is 1.33. The topological polar surface area (TPSA) is 52.6 Å². The minimum Gasteiger partial charge on any atom is -0.469 e. The van der Waals surface area contributed by atoms with Gasteiger partial charge in [0.25, 0.3) is 0 Å². The molecule has 0 aliphatic rings. The third-order valence-electron chi connectivity index (χ3n) is 2.08. The van der Waals surface area contributed by atoms with Gasteiger partial charge in [-0.2, -0.15) is 0 Å². The Morgan fingerprint density at radius 1 is 1.27 bits per heavy atom. The average Bonchev–Trinajstić information content (AvgIpc) is 2.17. The molecule has 15 heavy (non-hydrogen) atoms. The lowest BCUT2D eigenvalue weighted by atomic mass is 10.1. The van der Waals surface area contributed by atoms with Crippen molar-refractivity contribution in [3.8, 4) is 0 Å². The molecule has 0 saturated heterocycles. The van der Waals surface area contributed by atoms with Crippen molar-refractivity contribution in [2.45, 2.75) is 52.1 Å². The average molecular weight is 216 g/mol. The normalized spacial score (nSPS) is 11.9. The van der Waals surface area contributed by atoms with E-state index >= 15 is 0 Å². The molecule has 0 bridgehead atoms. The second-order valence-corrected chi connectivity index (χ2v) is 3.51. The van der Waals surface area contributed by atoms with Crippen LogP contribution in [0, 0.1) is 0 Å². The first-order valence-electron chi connectivity index (χ1n) is 5.34. The molecule has 0 saturated carbocycles. The van der Waals surface area contributed by atoms with Crippen LogP contribution in [0.2, 0.25) is 0 Å². The summed E-state index contributed by atoms with van der Waals surface area (Å²) in [5.74, 6) is -0.682. The highest BCUT2D eigenvalue weighted by molar-refractivity contribution is 5.71. The van der Waals surface area contributed by atoms with Crippen LogP contribution >= 0.6 is 0 Å². The molecule has 0 unspecified atom stereocenters. The Labute approximate surface area is 90.9 Å². The van der Waals surface area contributed by atoms with E-state index in [4.69, 9.17) is 4.74 Å². The van der Waals surface area contributed by atoms with Crippen LogP contribution in [0.1, 0.15) is 46.0 Å². The Morgan fingerprint density at radius 2 is 1.93 bits per heavy atom. The standard InChI is InChI=1S/C11H20O4/c1-4-5-6-7-10(15-9(2)12)8-11(13)14-3/h10H,4-8H2,1-3H3/t10-/m1/s1. The Morgan fingerprint density at radius 3 is 2.40 bits per heavy atom. The van der Waals surface area contributed by atoms with Gasteiger partial charge in [-0.25, -0.2) is 0 Å². The Hall–Kier alpha value is -1.06. The number of hydrogen-bond acceptors (Lipinski definition) is 4. The van der Waals surface area contributed by atoms with Gasteiger partial charge in [-0.05, 0) is 12.8 Å². The van der Waals surface area contributed by atoms with Crippen molar-refractivity contribution in [1.29, 1.82) is 0 Å². The minimum atomic E-state index is -0.347. The number of ether oxygens (including phenoxy) is 2. The summed E-state index contributed by atoms with van der Waals surface area (Å²) in [5, 5.41) is 0. The first kappa shape index (κ1) is 13.9.